The molecule has 8 nitrogen and oxygen atoms in total. The highest BCUT2D eigenvalue weighted by molar-refractivity contribution is 5.76. The molecule has 2 aliphatic carbocycles. The van der Waals surface area contributed by atoms with Gasteiger partial charge in [0.25, 0.3) is 0 Å². The number of rotatable bonds is 6. The fraction of sp³-hybridized carbons (Fsp3) is 0.560. The van der Waals surface area contributed by atoms with E-state index < -0.39 is 17.2 Å². The molecule has 0 saturated heterocycles. The van der Waals surface area contributed by atoms with Crippen LogP contribution in [0.1, 0.15) is 64.8 Å². The van der Waals surface area contributed by atoms with Gasteiger partial charge in [-0.1, -0.05) is 0 Å². The van der Waals surface area contributed by atoms with Crippen LogP contribution in [0.15, 0.2) is 24.4 Å². The SMILES string of the molecule is CC(C)(O)[C@H]1CCC(n2c(Nc3ccc(F)cc3F)nc3cnc(N[C@H]4CC[C@H](O)CC4)nc32)C1. The summed E-state index contributed by atoms with van der Waals surface area (Å²) in [6.45, 7) is 3.65. The number of aromatic nitrogens is 4. The Kier molecular flexibility index (Phi) is 6.35. The molecule has 3 aromatic rings. The van der Waals surface area contributed by atoms with Gasteiger partial charge in [0.1, 0.15) is 17.2 Å². The van der Waals surface area contributed by atoms with Crippen molar-refractivity contribution in [3.63, 3.8) is 0 Å². The van der Waals surface area contributed by atoms with Crippen LogP contribution in [0, 0.1) is 17.6 Å². The first kappa shape index (κ1) is 23.9. The molecule has 2 fully saturated rings. The van der Waals surface area contributed by atoms with E-state index in [9.17, 15) is 19.0 Å². The molecule has 2 aliphatic rings. The van der Waals surface area contributed by atoms with Crippen molar-refractivity contribution >= 4 is 28.7 Å². The average molecular weight is 487 g/mol. The molecule has 0 aliphatic heterocycles. The molecule has 2 atom stereocenters. The zero-order valence-corrected chi connectivity index (χ0v) is 20.0. The van der Waals surface area contributed by atoms with Crippen LogP contribution >= 0.6 is 0 Å². The van der Waals surface area contributed by atoms with E-state index in [0.717, 1.165) is 51.0 Å². The predicted molar refractivity (Wildman–Crippen MR) is 130 cm³/mol. The summed E-state index contributed by atoms with van der Waals surface area (Å²) in [4.78, 5) is 13.9. The van der Waals surface area contributed by atoms with Crippen molar-refractivity contribution in [1.29, 1.82) is 0 Å². The van der Waals surface area contributed by atoms with E-state index in [-0.39, 0.29) is 29.8 Å². The summed E-state index contributed by atoms with van der Waals surface area (Å²) in [5.74, 6) is -0.372. The highest BCUT2D eigenvalue weighted by Crippen LogP contribution is 2.43. The van der Waals surface area contributed by atoms with Gasteiger partial charge in [-0.2, -0.15) is 4.98 Å². The van der Waals surface area contributed by atoms with Crippen molar-refractivity contribution < 1.29 is 19.0 Å². The Bertz CT molecular complexity index is 1200. The Morgan fingerprint density at radius 1 is 1.06 bits per heavy atom. The van der Waals surface area contributed by atoms with Crippen LogP contribution in [-0.2, 0) is 0 Å². The molecule has 2 aromatic heterocycles. The first-order chi connectivity index (χ1) is 16.7. The fourth-order valence-corrected chi connectivity index (χ4v) is 5.34. The van der Waals surface area contributed by atoms with Crippen molar-refractivity contribution in [2.45, 2.75) is 82.6 Å². The molecule has 0 bridgehead atoms. The zero-order chi connectivity index (χ0) is 24.7. The number of nitrogens with zero attached hydrogens (tertiary/aromatic N) is 4. The molecule has 35 heavy (non-hydrogen) atoms. The van der Waals surface area contributed by atoms with Gasteiger partial charge in [0.15, 0.2) is 5.65 Å². The van der Waals surface area contributed by atoms with Gasteiger partial charge < -0.3 is 20.8 Å². The average Bonchev–Trinajstić information content (AvgIpc) is 3.41. The van der Waals surface area contributed by atoms with Crippen LogP contribution in [0.3, 0.4) is 0 Å². The number of fused-ring (bicyclic) bond motifs is 1. The maximum absolute atomic E-state index is 14.4. The minimum Gasteiger partial charge on any atom is -0.393 e. The van der Waals surface area contributed by atoms with Crippen LogP contribution in [-0.4, -0.2) is 47.5 Å². The summed E-state index contributed by atoms with van der Waals surface area (Å²) in [5.41, 5.74) is 0.484. The van der Waals surface area contributed by atoms with Gasteiger partial charge in [-0.05, 0) is 76.8 Å². The molecular weight excluding hydrogens is 454 g/mol. The first-order valence-corrected chi connectivity index (χ1v) is 12.3. The molecule has 188 valence electrons. The van der Waals surface area contributed by atoms with E-state index in [4.69, 9.17) is 4.98 Å². The van der Waals surface area contributed by atoms with E-state index in [0.29, 0.717) is 23.1 Å². The lowest BCUT2D eigenvalue weighted by Gasteiger charge is -2.26. The van der Waals surface area contributed by atoms with E-state index in [1.54, 1.807) is 6.20 Å². The lowest BCUT2D eigenvalue weighted by Crippen LogP contribution is -2.29. The minimum atomic E-state index is -0.810. The van der Waals surface area contributed by atoms with Gasteiger partial charge in [0.05, 0.1) is 23.6 Å². The van der Waals surface area contributed by atoms with Crippen LogP contribution in [0.5, 0.6) is 0 Å². The molecule has 0 radical (unpaired) electrons. The fourth-order valence-electron chi connectivity index (χ4n) is 5.34. The molecule has 1 aromatic carbocycles. The van der Waals surface area contributed by atoms with Crippen molar-refractivity contribution in [3.8, 4) is 0 Å². The second-order valence-corrected chi connectivity index (χ2v) is 10.4. The lowest BCUT2D eigenvalue weighted by molar-refractivity contribution is 0.0186. The molecule has 4 N–H and O–H groups in total. The second-order valence-electron chi connectivity index (χ2n) is 10.4. The number of anilines is 3. The molecule has 5 rings (SSSR count). The smallest absolute Gasteiger partial charge is 0.224 e. The van der Waals surface area contributed by atoms with Crippen molar-refractivity contribution in [1.82, 2.24) is 19.5 Å². The Hall–Kier alpha value is -2.85. The maximum atomic E-state index is 14.4. The van der Waals surface area contributed by atoms with Gasteiger partial charge in [-0.3, -0.25) is 4.57 Å². The number of aliphatic hydroxyl groups excluding tert-OH is 1. The van der Waals surface area contributed by atoms with Gasteiger partial charge in [0, 0.05) is 18.2 Å². The van der Waals surface area contributed by atoms with E-state index in [1.165, 1.54) is 12.1 Å². The largest absolute Gasteiger partial charge is 0.393 e. The van der Waals surface area contributed by atoms with Gasteiger partial charge >= 0.3 is 0 Å². The Morgan fingerprint density at radius 2 is 1.83 bits per heavy atom. The Morgan fingerprint density at radius 3 is 2.51 bits per heavy atom. The summed E-state index contributed by atoms with van der Waals surface area (Å²) in [6.07, 6.45) is 6.96. The maximum Gasteiger partial charge on any atom is 0.224 e. The molecule has 0 spiro atoms. The first-order valence-electron chi connectivity index (χ1n) is 12.3. The quantitative estimate of drug-likeness (QED) is 0.401. The second kappa shape index (κ2) is 9.31. The topological polar surface area (TPSA) is 108 Å². The number of hydrogen-bond donors (Lipinski definition) is 4. The number of hydrogen-bond acceptors (Lipinski definition) is 7. The highest BCUT2D eigenvalue weighted by Gasteiger charge is 2.37. The number of aliphatic hydroxyl groups is 2. The lowest BCUT2D eigenvalue weighted by atomic mass is 9.89. The molecule has 2 saturated carbocycles. The highest BCUT2D eigenvalue weighted by atomic mass is 19.1. The van der Waals surface area contributed by atoms with Crippen LogP contribution < -0.4 is 10.6 Å². The number of nitrogens with one attached hydrogen (secondary N) is 2. The standard InChI is InChI=1S/C25H32F2N6O2/c1-25(2,35)14-3-7-17(11-14)33-22-21(31-24(33)30-20-10-4-15(26)12-19(20)27)13-28-23(32-22)29-16-5-8-18(34)9-6-16/h4,10,12-14,16-18,34-35H,3,5-9,11H2,1-2H3,(H,30,31)(H,28,29,32)/t14-,16-,17?,18-/m0/s1. The zero-order valence-electron chi connectivity index (χ0n) is 20.0. The van der Waals surface area contributed by atoms with Crippen LogP contribution in [0.4, 0.5) is 26.4 Å². The summed E-state index contributed by atoms with van der Waals surface area (Å²) in [7, 11) is 0. The third kappa shape index (κ3) is 5.08. The van der Waals surface area contributed by atoms with E-state index >= 15 is 0 Å². The summed E-state index contributed by atoms with van der Waals surface area (Å²) in [5, 5.41) is 26.8. The van der Waals surface area contributed by atoms with Gasteiger partial charge in [-0.25, -0.2) is 18.7 Å². The van der Waals surface area contributed by atoms with Gasteiger partial charge in [0.2, 0.25) is 11.9 Å². The summed E-state index contributed by atoms with van der Waals surface area (Å²) >= 11 is 0. The summed E-state index contributed by atoms with van der Waals surface area (Å²) < 4.78 is 29.8. The third-order valence-electron chi connectivity index (χ3n) is 7.41. The number of imidazole rings is 1. The third-order valence-corrected chi connectivity index (χ3v) is 7.41. The minimum absolute atomic E-state index is 0.00462. The van der Waals surface area contributed by atoms with E-state index in [2.05, 4.69) is 20.6 Å². The molecule has 2 heterocycles. The van der Waals surface area contributed by atoms with Crippen molar-refractivity contribution in [2.75, 3.05) is 10.6 Å². The molecule has 0 amide bonds. The van der Waals surface area contributed by atoms with Gasteiger partial charge in [-0.15, -0.1) is 0 Å². The molecular formula is C25H32F2N6O2. The van der Waals surface area contributed by atoms with Crippen molar-refractivity contribution in [2.24, 2.45) is 5.92 Å². The number of halogens is 2. The summed E-state index contributed by atoms with van der Waals surface area (Å²) in [6, 6.07) is 3.55. The normalized spacial score (nSPS) is 25.2. The Balaban J connectivity index is 1.50. The van der Waals surface area contributed by atoms with E-state index in [1.807, 2.05) is 18.4 Å². The molecule has 10 heteroatoms. The van der Waals surface area contributed by atoms with Crippen LogP contribution in [0.25, 0.3) is 11.2 Å². The Labute approximate surface area is 202 Å². The molecule has 1 unspecified atom stereocenters. The van der Waals surface area contributed by atoms with Crippen molar-refractivity contribution in [3.05, 3.63) is 36.0 Å². The van der Waals surface area contributed by atoms with Crippen LogP contribution in [0.2, 0.25) is 0 Å². The number of benzene rings is 1. The monoisotopic (exact) mass is 486 g/mol. The predicted octanol–water partition coefficient (Wildman–Crippen LogP) is 4.68.